The molecule has 8 nitrogen and oxygen atoms in total. The lowest BCUT2D eigenvalue weighted by atomic mass is 10.2. The van der Waals surface area contributed by atoms with Crippen LogP contribution in [0.15, 0.2) is 12.1 Å². The van der Waals surface area contributed by atoms with Crippen LogP contribution >= 0.6 is 0 Å². The molecule has 1 unspecified atom stereocenters. The smallest absolute Gasteiger partial charge is 0.327 e. The second-order valence-corrected chi connectivity index (χ2v) is 3.30. The average Bonchev–Trinajstić information content (AvgIpc) is 2.27. The van der Waals surface area contributed by atoms with Crippen LogP contribution in [-0.2, 0) is 4.79 Å². The highest BCUT2D eigenvalue weighted by atomic mass is 16.6. The lowest BCUT2D eigenvalue weighted by molar-refractivity contribution is -0.384. The van der Waals surface area contributed by atoms with E-state index in [0.717, 1.165) is 6.07 Å². The van der Waals surface area contributed by atoms with Gasteiger partial charge in [0.1, 0.15) is 11.9 Å². The largest absolute Gasteiger partial charge is 0.480 e. The molecule has 0 amide bonds. The first-order chi connectivity index (χ1) is 8.45. The minimum absolute atomic E-state index is 0.0477. The van der Waals surface area contributed by atoms with Gasteiger partial charge < -0.3 is 16.2 Å². The zero-order valence-electron chi connectivity index (χ0n) is 9.16. The Morgan fingerprint density at radius 3 is 2.83 bits per heavy atom. The van der Waals surface area contributed by atoms with Gasteiger partial charge in [0.2, 0.25) is 5.82 Å². The second-order valence-electron chi connectivity index (χ2n) is 3.30. The molecule has 1 rings (SSSR count). The van der Waals surface area contributed by atoms with Crippen molar-refractivity contribution in [2.45, 2.75) is 12.5 Å². The van der Waals surface area contributed by atoms with Crippen molar-refractivity contribution >= 4 is 23.3 Å². The van der Waals surface area contributed by atoms with E-state index in [1.54, 1.807) is 0 Å². The van der Waals surface area contributed by atoms with Gasteiger partial charge in [-0.1, -0.05) is 0 Å². The number of terminal acetylenes is 1. The van der Waals surface area contributed by atoms with Gasteiger partial charge >= 0.3 is 11.7 Å². The summed E-state index contributed by atoms with van der Waals surface area (Å²) >= 11 is 0. The average molecular weight is 250 g/mol. The van der Waals surface area contributed by atoms with Crippen molar-refractivity contribution in [3.05, 3.63) is 22.2 Å². The molecule has 0 aromatic carbocycles. The van der Waals surface area contributed by atoms with Crippen LogP contribution in [0.1, 0.15) is 6.42 Å². The molecule has 0 aliphatic heterocycles. The molecule has 0 radical (unpaired) electrons. The third-order valence-electron chi connectivity index (χ3n) is 2.04. The fourth-order valence-corrected chi connectivity index (χ4v) is 1.20. The Labute approximate surface area is 102 Å². The number of rotatable bonds is 5. The van der Waals surface area contributed by atoms with Crippen LogP contribution < -0.4 is 11.1 Å². The van der Waals surface area contributed by atoms with Gasteiger partial charge in [-0.25, -0.2) is 9.78 Å². The molecule has 1 atom stereocenters. The van der Waals surface area contributed by atoms with Crippen LogP contribution in [0.3, 0.4) is 0 Å². The maximum atomic E-state index is 10.8. The van der Waals surface area contributed by atoms with E-state index in [1.807, 2.05) is 0 Å². The van der Waals surface area contributed by atoms with Crippen LogP contribution in [-0.4, -0.2) is 27.0 Å². The summed E-state index contributed by atoms with van der Waals surface area (Å²) in [7, 11) is 0. The van der Waals surface area contributed by atoms with Crippen molar-refractivity contribution in [2.24, 2.45) is 0 Å². The summed E-state index contributed by atoms with van der Waals surface area (Å²) < 4.78 is 0. The summed E-state index contributed by atoms with van der Waals surface area (Å²) in [5.41, 5.74) is 5.02. The number of pyridine rings is 1. The van der Waals surface area contributed by atoms with Gasteiger partial charge in [0.25, 0.3) is 0 Å². The first-order valence-electron chi connectivity index (χ1n) is 4.79. The number of carboxylic acids is 1. The van der Waals surface area contributed by atoms with Crippen molar-refractivity contribution in [1.29, 1.82) is 0 Å². The fourth-order valence-electron chi connectivity index (χ4n) is 1.20. The SMILES string of the molecule is C#CCC(Nc1ccc([N+](=O)[O-])c(N)n1)C(=O)O. The van der Waals surface area contributed by atoms with E-state index in [-0.39, 0.29) is 23.7 Å². The third kappa shape index (κ3) is 3.08. The van der Waals surface area contributed by atoms with Crippen LogP contribution in [0.5, 0.6) is 0 Å². The number of nitrogens with one attached hydrogen (secondary N) is 1. The highest BCUT2D eigenvalue weighted by Gasteiger charge is 2.18. The Morgan fingerprint density at radius 2 is 2.39 bits per heavy atom. The lowest BCUT2D eigenvalue weighted by Crippen LogP contribution is -2.29. The molecule has 8 heteroatoms. The number of anilines is 2. The van der Waals surface area contributed by atoms with Gasteiger partial charge in [-0.3, -0.25) is 10.1 Å². The zero-order valence-corrected chi connectivity index (χ0v) is 9.16. The maximum absolute atomic E-state index is 10.8. The maximum Gasteiger partial charge on any atom is 0.327 e. The van der Waals surface area contributed by atoms with E-state index < -0.39 is 16.9 Å². The predicted molar refractivity (Wildman–Crippen MR) is 63.8 cm³/mol. The van der Waals surface area contributed by atoms with Gasteiger partial charge in [0, 0.05) is 12.5 Å². The fraction of sp³-hybridized carbons (Fsp3) is 0.200. The highest BCUT2D eigenvalue weighted by Crippen LogP contribution is 2.21. The van der Waals surface area contributed by atoms with E-state index in [0.29, 0.717) is 0 Å². The number of nitrogens with two attached hydrogens (primary N) is 1. The first-order valence-corrected chi connectivity index (χ1v) is 4.79. The molecule has 1 aromatic heterocycles. The summed E-state index contributed by atoms with van der Waals surface area (Å²) in [6.45, 7) is 0. The number of nitrogen functional groups attached to an aromatic ring is 1. The molecule has 0 aliphatic carbocycles. The normalized spacial score (nSPS) is 11.3. The van der Waals surface area contributed by atoms with Crippen molar-refractivity contribution in [2.75, 3.05) is 11.1 Å². The Bertz CT molecular complexity index is 523. The van der Waals surface area contributed by atoms with Crippen LogP contribution in [0.2, 0.25) is 0 Å². The predicted octanol–water partition coefficient (Wildman–Crippen LogP) is 0.460. The number of hydrogen-bond acceptors (Lipinski definition) is 6. The van der Waals surface area contributed by atoms with E-state index in [4.69, 9.17) is 17.3 Å². The Balaban J connectivity index is 2.92. The molecule has 0 aliphatic rings. The standard InChI is InChI=1S/C10H10N4O4/c1-2-3-6(10(15)16)12-8-5-4-7(14(17)18)9(11)13-8/h1,4-6H,3H2,(H,15,16)(H3,11,12,13). The summed E-state index contributed by atoms with van der Waals surface area (Å²) in [6, 6.07) is 1.38. The highest BCUT2D eigenvalue weighted by molar-refractivity contribution is 5.77. The number of hydrogen-bond donors (Lipinski definition) is 3. The molecule has 1 heterocycles. The van der Waals surface area contributed by atoms with E-state index in [2.05, 4.69) is 16.2 Å². The number of nitro groups is 1. The number of nitrogens with zero attached hydrogens (tertiary/aromatic N) is 2. The summed E-state index contributed by atoms with van der Waals surface area (Å²) in [5.74, 6) is 0.872. The van der Waals surface area contributed by atoms with Crippen LogP contribution in [0.25, 0.3) is 0 Å². The molecule has 94 valence electrons. The van der Waals surface area contributed by atoms with Crippen molar-refractivity contribution in [1.82, 2.24) is 4.98 Å². The van der Waals surface area contributed by atoms with Gasteiger partial charge in [0.15, 0.2) is 0 Å². The van der Waals surface area contributed by atoms with Gasteiger partial charge in [-0.2, -0.15) is 0 Å². The van der Waals surface area contributed by atoms with Crippen molar-refractivity contribution in [3.8, 4) is 12.3 Å². The zero-order chi connectivity index (χ0) is 13.7. The summed E-state index contributed by atoms with van der Waals surface area (Å²) in [6.07, 6.45) is 4.98. The summed E-state index contributed by atoms with van der Waals surface area (Å²) in [4.78, 5) is 24.4. The molecule has 4 N–H and O–H groups in total. The van der Waals surface area contributed by atoms with E-state index in [9.17, 15) is 14.9 Å². The lowest BCUT2D eigenvalue weighted by Gasteiger charge is -2.12. The molecule has 18 heavy (non-hydrogen) atoms. The molecular weight excluding hydrogens is 240 g/mol. The molecular formula is C10H10N4O4. The minimum Gasteiger partial charge on any atom is -0.480 e. The molecule has 0 fully saturated rings. The van der Waals surface area contributed by atoms with E-state index in [1.165, 1.54) is 6.07 Å². The quantitative estimate of drug-likeness (QED) is 0.393. The number of aromatic nitrogens is 1. The monoisotopic (exact) mass is 250 g/mol. The third-order valence-corrected chi connectivity index (χ3v) is 2.04. The number of aliphatic carboxylic acids is 1. The van der Waals surface area contributed by atoms with Gasteiger partial charge in [0.05, 0.1) is 4.92 Å². The first kappa shape index (κ1) is 13.2. The second kappa shape index (κ2) is 5.49. The van der Waals surface area contributed by atoms with Crippen molar-refractivity contribution in [3.63, 3.8) is 0 Å². The van der Waals surface area contributed by atoms with Crippen molar-refractivity contribution < 1.29 is 14.8 Å². The van der Waals surface area contributed by atoms with Gasteiger partial charge in [-0.15, -0.1) is 12.3 Å². The molecule has 0 bridgehead atoms. The Morgan fingerprint density at radius 1 is 1.72 bits per heavy atom. The molecule has 1 aromatic rings. The van der Waals surface area contributed by atoms with Crippen LogP contribution in [0, 0.1) is 22.5 Å². The topological polar surface area (TPSA) is 131 Å². The summed E-state index contributed by atoms with van der Waals surface area (Å²) in [5, 5.41) is 21.9. The number of carboxylic acid groups (broad SMARTS) is 1. The molecule has 0 saturated carbocycles. The molecule has 0 spiro atoms. The Hall–Kier alpha value is -2.82. The minimum atomic E-state index is -1.15. The Kier molecular flexibility index (Phi) is 4.04. The van der Waals surface area contributed by atoms with Crippen LogP contribution in [0.4, 0.5) is 17.3 Å². The number of carbonyl (C=O) groups is 1. The molecule has 0 saturated heterocycles. The van der Waals surface area contributed by atoms with E-state index >= 15 is 0 Å². The van der Waals surface area contributed by atoms with Gasteiger partial charge in [-0.05, 0) is 6.07 Å².